The first-order valence-corrected chi connectivity index (χ1v) is 14.3. The van der Waals surface area contributed by atoms with Gasteiger partial charge in [0.25, 0.3) is 8.32 Å². The summed E-state index contributed by atoms with van der Waals surface area (Å²) in [6.07, 6.45) is 1.62. The van der Waals surface area contributed by atoms with Crippen LogP contribution in [0.5, 0.6) is 0 Å². The molecule has 1 N–H and O–H groups in total. The number of hydrogen-bond donors (Lipinski definition) is 1. The van der Waals surface area contributed by atoms with Crippen molar-refractivity contribution in [2.45, 2.75) is 83.6 Å². The zero-order chi connectivity index (χ0) is 25.0. The molecule has 0 aliphatic carbocycles. The Hall–Kier alpha value is -2.15. The van der Waals surface area contributed by atoms with Crippen molar-refractivity contribution in [3.8, 4) is 0 Å². The maximum absolute atomic E-state index is 12.9. The van der Waals surface area contributed by atoms with Crippen molar-refractivity contribution < 1.29 is 19.1 Å². The highest BCUT2D eigenvalue weighted by atomic mass is 28.4. The van der Waals surface area contributed by atoms with Gasteiger partial charge in [-0.1, -0.05) is 81.4 Å². The SMILES string of the molecule is CC(C)(C)OC(=O)N1CC[C@H](O[Si](c2ccccc2)(c2ccccc2)C(C)(C)C)C[C@@H]1CCO. The number of hydrogen-bond acceptors (Lipinski definition) is 4. The first kappa shape index (κ1) is 26.5. The van der Waals surface area contributed by atoms with Crippen LogP contribution in [0.25, 0.3) is 0 Å². The van der Waals surface area contributed by atoms with Gasteiger partial charge in [-0.25, -0.2) is 4.79 Å². The first-order valence-electron chi connectivity index (χ1n) is 12.4. The summed E-state index contributed by atoms with van der Waals surface area (Å²) >= 11 is 0. The summed E-state index contributed by atoms with van der Waals surface area (Å²) in [6.45, 7) is 13.1. The van der Waals surface area contributed by atoms with Crippen LogP contribution in [0.4, 0.5) is 4.79 Å². The minimum Gasteiger partial charge on any atom is -0.444 e. The van der Waals surface area contributed by atoms with Crippen molar-refractivity contribution in [1.82, 2.24) is 4.90 Å². The molecule has 3 rings (SSSR count). The van der Waals surface area contributed by atoms with E-state index in [-0.39, 0.29) is 29.9 Å². The normalized spacial score (nSPS) is 19.7. The van der Waals surface area contributed by atoms with E-state index in [9.17, 15) is 9.90 Å². The van der Waals surface area contributed by atoms with Gasteiger partial charge in [0.05, 0.1) is 0 Å². The van der Waals surface area contributed by atoms with Gasteiger partial charge < -0.3 is 19.2 Å². The van der Waals surface area contributed by atoms with Gasteiger partial charge in [-0.2, -0.15) is 0 Å². The van der Waals surface area contributed by atoms with Gasteiger partial charge in [-0.15, -0.1) is 0 Å². The number of amides is 1. The average Bonchev–Trinajstić information content (AvgIpc) is 2.77. The van der Waals surface area contributed by atoms with E-state index in [2.05, 4.69) is 69.3 Å². The van der Waals surface area contributed by atoms with Crippen LogP contribution in [0, 0.1) is 0 Å². The number of carbonyl (C=O) groups excluding carboxylic acids is 1. The number of nitrogens with zero attached hydrogens (tertiary/aromatic N) is 1. The highest BCUT2D eigenvalue weighted by Crippen LogP contribution is 2.39. The molecule has 1 amide bonds. The summed E-state index contributed by atoms with van der Waals surface area (Å²) in [6, 6.07) is 21.2. The van der Waals surface area contributed by atoms with E-state index >= 15 is 0 Å². The molecule has 0 spiro atoms. The van der Waals surface area contributed by atoms with Crippen molar-refractivity contribution in [3.05, 3.63) is 60.7 Å². The third kappa shape index (κ3) is 5.91. The van der Waals surface area contributed by atoms with Crippen LogP contribution >= 0.6 is 0 Å². The Bertz CT molecular complexity index is 881. The molecule has 2 aromatic rings. The molecule has 2 aromatic carbocycles. The van der Waals surface area contributed by atoms with E-state index in [0.29, 0.717) is 19.4 Å². The van der Waals surface area contributed by atoms with Crippen LogP contribution in [0.1, 0.15) is 60.8 Å². The van der Waals surface area contributed by atoms with E-state index in [4.69, 9.17) is 9.16 Å². The lowest BCUT2D eigenvalue weighted by atomic mass is 9.97. The van der Waals surface area contributed by atoms with E-state index < -0.39 is 13.9 Å². The minimum atomic E-state index is -2.67. The summed E-state index contributed by atoms with van der Waals surface area (Å²) in [7, 11) is -2.67. The summed E-state index contributed by atoms with van der Waals surface area (Å²) in [4.78, 5) is 14.7. The number of likely N-dealkylation sites (tertiary alicyclic amines) is 1. The van der Waals surface area contributed by atoms with Crippen molar-refractivity contribution in [2.75, 3.05) is 13.2 Å². The van der Waals surface area contributed by atoms with E-state index in [1.165, 1.54) is 10.4 Å². The van der Waals surface area contributed by atoms with Crippen molar-refractivity contribution in [3.63, 3.8) is 0 Å². The Morgan fingerprint density at radius 2 is 1.50 bits per heavy atom. The molecule has 0 aromatic heterocycles. The zero-order valence-corrected chi connectivity index (χ0v) is 22.6. The van der Waals surface area contributed by atoms with Gasteiger partial charge in [0.15, 0.2) is 0 Å². The topological polar surface area (TPSA) is 59.0 Å². The third-order valence-corrected chi connectivity index (χ3v) is 11.6. The highest BCUT2D eigenvalue weighted by Gasteiger charge is 2.52. The summed E-state index contributed by atoms with van der Waals surface area (Å²) in [5, 5.41) is 12.1. The lowest BCUT2D eigenvalue weighted by molar-refractivity contribution is -0.00910. The second-order valence-corrected chi connectivity index (χ2v) is 15.5. The van der Waals surface area contributed by atoms with Gasteiger partial charge in [0.2, 0.25) is 0 Å². The molecular formula is C28H41NO4Si. The van der Waals surface area contributed by atoms with Crippen LogP contribution in [0.3, 0.4) is 0 Å². The van der Waals surface area contributed by atoms with Crippen molar-refractivity contribution in [2.24, 2.45) is 0 Å². The highest BCUT2D eigenvalue weighted by molar-refractivity contribution is 6.99. The Morgan fingerprint density at radius 1 is 0.971 bits per heavy atom. The van der Waals surface area contributed by atoms with E-state index in [0.717, 1.165) is 6.42 Å². The molecule has 1 heterocycles. The van der Waals surface area contributed by atoms with Gasteiger partial charge in [-0.05, 0) is 55.4 Å². The summed E-state index contributed by atoms with van der Waals surface area (Å²) in [5.74, 6) is 0. The fraction of sp³-hybridized carbons (Fsp3) is 0.536. The second kappa shape index (κ2) is 10.6. The minimum absolute atomic E-state index is 0.0125. The van der Waals surface area contributed by atoms with Crippen LogP contribution in [0.15, 0.2) is 60.7 Å². The standard InChI is InChI=1S/C28H41NO4Si/c1-27(2,3)32-26(31)29-19-17-23(21-22(29)18-20-30)33-34(28(4,5)6,24-13-9-7-10-14-24)25-15-11-8-12-16-25/h7-16,22-23,30H,17-21H2,1-6H3/t22-,23-/m0/s1. The number of aliphatic hydroxyl groups is 1. The monoisotopic (exact) mass is 483 g/mol. The maximum Gasteiger partial charge on any atom is 0.410 e. The molecule has 0 radical (unpaired) electrons. The van der Waals surface area contributed by atoms with Crippen molar-refractivity contribution >= 4 is 24.8 Å². The molecule has 5 nitrogen and oxygen atoms in total. The number of benzene rings is 2. The van der Waals surface area contributed by atoms with Crippen LogP contribution in [-0.4, -0.2) is 55.3 Å². The van der Waals surface area contributed by atoms with Gasteiger partial charge >= 0.3 is 6.09 Å². The van der Waals surface area contributed by atoms with Crippen LogP contribution < -0.4 is 10.4 Å². The van der Waals surface area contributed by atoms with E-state index in [1.54, 1.807) is 4.90 Å². The van der Waals surface area contributed by atoms with E-state index in [1.807, 2.05) is 32.9 Å². The first-order chi connectivity index (χ1) is 16.0. The molecule has 6 heteroatoms. The maximum atomic E-state index is 12.9. The molecule has 1 saturated heterocycles. The Morgan fingerprint density at radius 3 is 1.94 bits per heavy atom. The molecule has 186 valence electrons. The number of carbonyl (C=O) groups is 1. The van der Waals surface area contributed by atoms with Gasteiger partial charge in [0.1, 0.15) is 5.60 Å². The predicted octanol–water partition coefficient (Wildman–Crippen LogP) is 4.71. The van der Waals surface area contributed by atoms with Gasteiger partial charge in [0, 0.05) is 25.3 Å². The quantitative estimate of drug-likeness (QED) is 0.605. The number of ether oxygens (including phenoxy) is 1. The van der Waals surface area contributed by atoms with Crippen molar-refractivity contribution in [1.29, 1.82) is 0 Å². The molecule has 2 atom stereocenters. The summed E-state index contributed by atoms with van der Waals surface area (Å²) in [5.41, 5.74) is -0.552. The Labute approximate surface area is 206 Å². The third-order valence-electron chi connectivity index (χ3n) is 6.52. The van der Waals surface area contributed by atoms with Crippen LogP contribution in [-0.2, 0) is 9.16 Å². The lowest BCUT2D eigenvalue weighted by Gasteiger charge is -2.48. The molecule has 0 saturated carbocycles. The largest absolute Gasteiger partial charge is 0.444 e. The fourth-order valence-corrected chi connectivity index (χ4v) is 9.78. The Balaban J connectivity index is 1.95. The van der Waals surface area contributed by atoms with Gasteiger partial charge in [-0.3, -0.25) is 0 Å². The average molecular weight is 484 g/mol. The lowest BCUT2D eigenvalue weighted by Crippen LogP contribution is -2.68. The number of rotatable bonds is 6. The molecule has 0 bridgehead atoms. The molecule has 0 unspecified atom stereocenters. The molecular weight excluding hydrogens is 442 g/mol. The number of piperidine rings is 1. The second-order valence-electron chi connectivity index (χ2n) is 11.3. The van der Waals surface area contributed by atoms with Crippen LogP contribution in [0.2, 0.25) is 5.04 Å². The Kier molecular flexibility index (Phi) is 8.27. The smallest absolute Gasteiger partial charge is 0.410 e. The predicted molar refractivity (Wildman–Crippen MR) is 140 cm³/mol. The molecule has 1 fully saturated rings. The molecule has 1 aliphatic heterocycles. The summed E-state index contributed by atoms with van der Waals surface area (Å²) < 4.78 is 13.0. The number of aliphatic hydroxyl groups excluding tert-OH is 1. The molecule has 1 aliphatic rings. The zero-order valence-electron chi connectivity index (χ0n) is 21.6. The molecule has 34 heavy (non-hydrogen) atoms. The fourth-order valence-electron chi connectivity index (χ4n) is 5.05.